The summed E-state index contributed by atoms with van der Waals surface area (Å²) in [6.45, 7) is 0. The Kier molecular flexibility index (Phi) is 3.50. The van der Waals surface area contributed by atoms with Crippen LogP contribution in [0.3, 0.4) is 0 Å². The molecule has 2 nitrogen and oxygen atoms in total. The molecule has 0 aromatic heterocycles. The summed E-state index contributed by atoms with van der Waals surface area (Å²) in [6, 6.07) is 12.1. The molecule has 2 aromatic rings. The Balaban J connectivity index is 2.51. The van der Waals surface area contributed by atoms with E-state index in [1.807, 2.05) is 0 Å². The summed E-state index contributed by atoms with van der Waals surface area (Å²) in [7, 11) is 0. The van der Waals surface area contributed by atoms with Crippen LogP contribution in [0.2, 0.25) is 5.02 Å². The van der Waals surface area contributed by atoms with Crippen molar-refractivity contribution in [2.24, 2.45) is 0 Å². The van der Waals surface area contributed by atoms with Crippen LogP contribution in [-0.2, 0) is 0 Å². The summed E-state index contributed by atoms with van der Waals surface area (Å²) in [5.74, 6) is -0.172. The Morgan fingerprint density at radius 2 is 1.82 bits per heavy atom. The maximum atomic E-state index is 12.3. The predicted octanol–water partition coefficient (Wildman–Crippen LogP) is 3.92. The Labute approximate surface area is 113 Å². The number of halogens is 2. The van der Waals surface area contributed by atoms with Crippen LogP contribution in [0.5, 0.6) is 0 Å². The summed E-state index contributed by atoms with van der Waals surface area (Å²) < 4.78 is 0.808. The van der Waals surface area contributed by atoms with Gasteiger partial charge in [0, 0.05) is 21.3 Å². The second kappa shape index (κ2) is 4.90. The largest absolute Gasteiger partial charge is 0.398 e. The summed E-state index contributed by atoms with van der Waals surface area (Å²) in [6.07, 6.45) is 0. The molecular weight excluding hydrogens is 302 g/mol. The summed E-state index contributed by atoms with van der Waals surface area (Å²) in [4.78, 5) is 12.3. The van der Waals surface area contributed by atoms with E-state index < -0.39 is 0 Å². The Morgan fingerprint density at radius 3 is 2.53 bits per heavy atom. The van der Waals surface area contributed by atoms with Crippen molar-refractivity contribution < 1.29 is 4.79 Å². The molecule has 0 amide bonds. The monoisotopic (exact) mass is 309 g/mol. The fourth-order valence-corrected chi connectivity index (χ4v) is 2.10. The highest BCUT2D eigenvalue weighted by molar-refractivity contribution is 9.10. The number of hydrogen-bond acceptors (Lipinski definition) is 2. The van der Waals surface area contributed by atoms with Gasteiger partial charge in [-0.3, -0.25) is 4.79 Å². The van der Waals surface area contributed by atoms with Crippen LogP contribution >= 0.6 is 27.5 Å². The first kappa shape index (κ1) is 12.1. The molecule has 0 saturated heterocycles. The molecule has 0 radical (unpaired) electrons. The topological polar surface area (TPSA) is 43.1 Å². The molecule has 0 aliphatic carbocycles. The van der Waals surface area contributed by atoms with Gasteiger partial charge in [0.15, 0.2) is 5.78 Å². The quantitative estimate of drug-likeness (QED) is 0.675. The molecular formula is C13H9BrClNO. The molecule has 17 heavy (non-hydrogen) atoms. The van der Waals surface area contributed by atoms with Gasteiger partial charge in [0.25, 0.3) is 0 Å². The predicted molar refractivity (Wildman–Crippen MR) is 73.4 cm³/mol. The van der Waals surface area contributed by atoms with Crippen molar-refractivity contribution >= 4 is 39.0 Å². The molecule has 0 heterocycles. The molecule has 0 bridgehead atoms. The first-order valence-electron chi connectivity index (χ1n) is 4.94. The molecule has 2 rings (SSSR count). The van der Waals surface area contributed by atoms with Gasteiger partial charge in [-0.1, -0.05) is 39.7 Å². The van der Waals surface area contributed by atoms with E-state index in [4.69, 9.17) is 17.3 Å². The van der Waals surface area contributed by atoms with E-state index in [0.717, 1.165) is 4.47 Å². The second-order valence-electron chi connectivity index (χ2n) is 3.54. The first-order chi connectivity index (χ1) is 8.09. The van der Waals surface area contributed by atoms with Crippen molar-refractivity contribution in [1.29, 1.82) is 0 Å². The number of rotatable bonds is 2. The highest BCUT2D eigenvalue weighted by atomic mass is 79.9. The molecule has 4 heteroatoms. The van der Waals surface area contributed by atoms with Crippen LogP contribution in [0.1, 0.15) is 15.9 Å². The first-order valence-corrected chi connectivity index (χ1v) is 6.11. The minimum Gasteiger partial charge on any atom is -0.398 e. The number of benzene rings is 2. The van der Waals surface area contributed by atoms with E-state index in [1.165, 1.54) is 0 Å². The lowest BCUT2D eigenvalue weighted by molar-refractivity contribution is 0.103. The van der Waals surface area contributed by atoms with Gasteiger partial charge in [-0.2, -0.15) is 0 Å². The van der Waals surface area contributed by atoms with Crippen molar-refractivity contribution in [2.45, 2.75) is 0 Å². The van der Waals surface area contributed by atoms with Crippen molar-refractivity contribution in [3.63, 3.8) is 0 Å². The van der Waals surface area contributed by atoms with Crippen LogP contribution in [0, 0.1) is 0 Å². The summed E-state index contributed by atoms with van der Waals surface area (Å²) in [5.41, 5.74) is 7.14. The lowest BCUT2D eigenvalue weighted by Gasteiger charge is -2.06. The summed E-state index contributed by atoms with van der Waals surface area (Å²) >= 11 is 9.30. The minimum absolute atomic E-state index is 0.172. The van der Waals surface area contributed by atoms with Crippen LogP contribution < -0.4 is 5.73 Å². The average molecular weight is 311 g/mol. The molecule has 0 atom stereocenters. The smallest absolute Gasteiger partial charge is 0.196 e. The fraction of sp³-hybridized carbons (Fsp3) is 0. The van der Waals surface area contributed by atoms with Gasteiger partial charge < -0.3 is 5.73 Å². The van der Waals surface area contributed by atoms with Gasteiger partial charge in [0.05, 0.1) is 5.02 Å². The van der Waals surface area contributed by atoms with Crippen LogP contribution in [-0.4, -0.2) is 5.78 Å². The molecule has 0 fully saturated rings. The molecule has 2 aromatic carbocycles. The van der Waals surface area contributed by atoms with Crippen LogP contribution in [0.25, 0.3) is 0 Å². The Bertz CT molecular complexity index is 583. The van der Waals surface area contributed by atoms with E-state index in [9.17, 15) is 4.79 Å². The normalized spacial score (nSPS) is 10.2. The van der Waals surface area contributed by atoms with Gasteiger partial charge in [0.2, 0.25) is 0 Å². The number of ketones is 1. The molecule has 0 aliphatic rings. The number of hydrogen-bond donors (Lipinski definition) is 1. The van der Waals surface area contributed by atoms with Gasteiger partial charge in [-0.25, -0.2) is 0 Å². The third-order valence-electron chi connectivity index (χ3n) is 2.38. The molecule has 86 valence electrons. The lowest BCUT2D eigenvalue weighted by Crippen LogP contribution is -2.05. The van der Waals surface area contributed by atoms with Gasteiger partial charge in [-0.15, -0.1) is 0 Å². The SMILES string of the molecule is Nc1ccc(Br)cc1C(=O)c1ccccc1Cl. The zero-order chi connectivity index (χ0) is 12.4. The minimum atomic E-state index is -0.172. The van der Waals surface area contributed by atoms with E-state index >= 15 is 0 Å². The standard InChI is InChI=1S/C13H9BrClNO/c14-8-5-6-12(16)10(7-8)13(17)9-3-1-2-4-11(9)15/h1-7H,16H2. The molecule has 2 N–H and O–H groups in total. The van der Waals surface area contributed by atoms with E-state index in [-0.39, 0.29) is 5.78 Å². The van der Waals surface area contributed by atoms with E-state index in [2.05, 4.69) is 15.9 Å². The van der Waals surface area contributed by atoms with Crippen molar-refractivity contribution in [1.82, 2.24) is 0 Å². The van der Waals surface area contributed by atoms with Crippen molar-refractivity contribution in [2.75, 3.05) is 5.73 Å². The highest BCUT2D eigenvalue weighted by Gasteiger charge is 2.15. The van der Waals surface area contributed by atoms with Crippen LogP contribution in [0.15, 0.2) is 46.9 Å². The van der Waals surface area contributed by atoms with Crippen molar-refractivity contribution in [3.05, 3.63) is 63.1 Å². The number of carbonyl (C=O) groups is 1. The van der Waals surface area contributed by atoms with E-state index in [1.54, 1.807) is 42.5 Å². The lowest BCUT2D eigenvalue weighted by atomic mass is 10.0. The fourth-order valence-electron chi connectivity index (χ4n) is 1.52. The molecule has 0 unspecified atom stereocenters. The van der Waals surface area contributed by atoms with Crippen molar-refractivity contribution in [3.8, 4) is 0 Å². The Hall–Kier alpha value is -1.32. The molecule has 0 aliphatic heterocycles. The van der Waals surface area contributed by atoms with Gasteiger partial charge in [0.1, 0.15) is 0 Å². The zero-order valence-electron chi connectivity index (χ0n) is 8.78. The maximum Gasteiger partial charge on any atom is 0.196 e. The number of anilines is 1. The zero-order valence-corrected chi connectivity index (χ0v) is 11.1. The number of nitrogens with two attached hydrogens (primary N) is 1. The summed E-state index contributed by atoms with van der Waals surface area (Å²) in [5, 5.41) is 0.428. The molecule has 0 spiro atoms. The second-order valence-corrected chi connectivity index (χ2v) is 4.86. The van der Waals surface area contributed by atoms with E-state index in [0.29, 0.717) is 21.8 Å². The van der Waals surface area contributed by atoms with Gasteiger partial charge >= 0.3 is 0 Å². The van der Waals surface area contributed by atoms with Gasteiger partial charge in [-0.05, 0) is 30.3 Å². The maximum absolute atomic E-state index is 12.3. The van der Waals surface area contributed by atoms with Crippen LogP contribution in [0.4, 0.5) is 5.69 Å². The average Bonchev–Trinajstić information content (AvgIpc) is 2.32. The number of carbonyl (C=O) groups excluding carboxylic acids is 1. The molecule has 0 saturated carbocycles. The third kappa shape index (κ3) is 2.51. The third-order valence-corrected chi connectivity index (χ3v) is 3.20. The number of nitrogen functional groups attached to an aromatic ring is 1. The Morgan fingerprint density at radius 1 is 1.12 bits per heavy atom. The highest BCUT2D eigenvalue weighted by Crippen LogP contribution is 2.24.